The van der Waals surface area contributed by atoms with Crippen molar-refractivity contribution in [3.63, 3.8) is 0 Å². The summed E-state index contributed by atoms with van der Waals surface area (Å²) in [4.78, 5) is 151. The Labute approximate surface area is 564 Å². The van der Waals surface area contributed by atoms with Gasteiger partial charge in [0.2, 0.25) is 18.7 Å². The van der Waals surface area contributed by atoms with Crippen LogP contribution in [0.25, 0.3) is 0 Å². The second-order valence-corrected chi connectivity index (χ2v) is 23.1. The third kappa shape index (κ3) is 19.4. The standard InChI is InChI=1S/3C16H15ClN6O3.3C4H8O2/c3*17-10-1-2-11(21-9-10)23-14(24)12-13(20-4-3-19-12)15(23)26-16(25)22-7-5-18-6-8-22;3*1-3(2)4(5)6/h3*1-4,9,15,18H,5-8H2;3*3H,1-2H3,(H,5,6)/t2*15-;;;;/m00..../s1. The number of anilines is 3. The molecule has 1 unspecified atom stereocenters. The Morgan fingerprint density at radius 3 is 0.812 bits per heavy atom. The molecule has 96 heavy (non-hydrogen) atoms. The van der Waals surface area contributed by atoms with E-state index >= 15 is 0 Å². The van der Waals surface area contributed by atoms with Crippen LogP contribution in [0.5, 0.6) is 0 Å². The zero-order valence-corrected chi connectivity index (χ0v) is 55.0. The summed E-state index contributed by atoms with van der Waals surface area (Å²) in [6, 6.07) is 9.57. The number of piperazine rings is 3. The summed E-state index contributed by atoms with van der Waals surface area (Å²) in [6.07, 6.45) is 8.27. The van der Waals surface area contributed by atoms with Gasteiger partial charge in [-0.15, -0.1) is 0 Å². The van der Waals surface area contributed by atoms with Crippen LogP contribution in [0.4, 0.5) is 31.8 Å². The molecule has 0 spiro atoms. The molecule has 3 fully saturated rings. The Bertz CT molecular complexity index is 3320. The van der Waals surface area contributed by atoms with Crippen LogP contribution in [0.15, 0.2) is 92.2 Å². The van der Waals surface area contributed by atoms with Crippen molar-refractivity contribution < 1.29 is 72.7 Å². The molecule has 510 valence electrons. The molecule has 3 atom stereocenters. The average Bonchev–Trinajstić information content (AvgIpc) is 1.63. The number of carboxylic acid groups (broad SMARTS) is 3. The molecule has 0 bridgehead atoms. The minimum Gasteiger partial charge on any atom is -0.481 e. The van der Waals surface area contributed by atoms with Crippen LogP contribution in [0.3, 0.4) is 0 Å². The van der Waals surface area contributed by atoms with Gasteiger partial charge in [0, 0.05) is 134 Å². The molecule has 3 saturated heterocycles. The smallest absolute Gasteiger partial charge is 0.412 e. The second kappa shape index (κ2) is 35.0. The highest BCUT2D eigenvalue weighted by Crippen LogP contribution is 2.39. The van der Waals surface area contributed by atoms with E-state index in [0.29, 0.717) is 111 Å². The predicted molar refractivity (Wildman–Crippen MR) is 343 cm³/mol. The quantitative estimate of drug-likeness (QED) is 0.0923. The van der Waals surface area contributed by atoms with E-state index in [1.54, 1.807) is 92.6 Å². The Morgan fingerprint density at radius 1 is 0.396 bits per heavy atom. The summed E-state index contributed by atoms with van der Waals surface area (Å²) >= 11 is 17.6. The number of carboxylic acids is 3. The summed E-state index contributed by atoms with van der Waals surface area (Å²) in [6.45, 7) is 17.2. The zero-order valence-electron chi connectivity index (χ0n) is 52.7. The van der Waals surface area contributed by atoms with Gasteiger partial charge in [-0.25, -0.2) is 59.0 Å². The minimum atomic E-state index is -1.03. The van der Waals surface area contributed by atoms with Crippen LogP contribution in [0.2, 0.25) is 15.1 Å². The van der Waals surface area contributed by atoms with Crippen molar-refractivity contribution in [1.82, 2.24) is 75.5 Å². The molecule has 0 saturated carbocycles. The first-order chi connectivity index (χ1) is 45.9. The summed E-state index contributed by atoms with van der Waals surface area (Å²) < 4.78 is 16.9. The molecule has 6 aliphatic rings. The lowest BCUT2D eigenvalue weighted by Gasteiger charge is -2.30. The number of hydrogen-bond acceptors (Lipinski definition) is 24. The number of amides is 6. The normalized spacial score (nSPS) is 17.5. The Hall–Kier alpha value is -9.93. The Balaban J connectivity index is 0.000000180. The van der Waals surface area contributed by atoms with E-state index in [2.05, 4.69) is 60.8 Å². The Kier molecular flexibility index (Phi) is 26.8. The molecule has 12 rings (SSSR count). The highest BCUT2D eigenvalue weighted by molar-refractivity contribution is 6.31. The number of aliphatic carboxylic acids is 3. The molecular weight excluding hydrogens is 1320 g/mol. The van der Waals surface area contributed by atoms with E-state index in [0.717, 1.165) is 0 Å². The molecule has 6 aliphatic heterocycles. The molecule has 0 radical (unpaired) electrons. The lowest BCUT2D eigenvalue weighted by molar-refractivity contribution is -0.141. The monoisotopic (exact) mass is 1390 g/mol. The number of rotatable bonds is 9. The number of carbonyl (C=O) groups is 9. The summed E-state index contributed by atoms with van der Waals surface area (Å²) in [5, 5.41) is 34.8. The van der Waals surface area contributed by atoms with Crippen molar-refractivity contribution >= 4 is 106 Å². The first kappa shape index (κ1) is 73.5. The van der Waals surface area contributed by atoms with Crippen molar-refractivity contribution in [2.45, 2.75) is 60.2 Å². The highest BCUT2D eigenvalue weighted by Gasteiger charge is 2.47. The van der Waals surface area contributed by atoms with Crippen LogP contribution in [0, 0.1) is 17.8 Å². The summed E-state index contributed by atoms with van der Waals surface area (Å²) in [7, 11) is 0. The first-order valence-electron chi connectivity index (χ1n) is 29.8. The van der Waals surface area contributed by atoms with Gasteiger partial charge in [0.1, 0.15) is 34.5 Å². The van der Waals surface area contributed by atoms with Gasteiger partial charge in [-0.3, -0.25) is 43.7 Å². The zero-order chi connectivity index (χ0) is 69.8. The van der Waals surface area contributed by atoms with Gasteiger partial charge in [0.15, 0.2) is 17.1 Å². The highest BCUT2D eigenvalue weighted by atomic mass is 35.5. The number of aromatic nitrogens is 9. The minimum absolute atomic E-state index is 0.141. The molecule has 0 aromatic carbocycles. The Morgan fingerprint density at radius 2 is 0.615 bits per heavy atom. The number of nitrogens with zero attached hydrogens (tertiary/aromatic N) is 15. The van der Waals surface area contributed by atoms with Crippen LogP contribution in [-0.2, 0) is 28.6 Å². The maximum absolute atomic E-state index is 12.8. The van der Waals surface area contributed by atoms with Crippen molar-refractivity contribution in [2.75, 3.05) is 93.2 Å². The molecule has 0 aliphatic carbocycles. The fourth-order valence-electron chi connectivity index (χ4n) is 8.69. The van der Waals surface area contributed by atoms with Gasteiger partial charge >= 0.3 is 36.2 Å². The van der Waals surface area contributed by atoms with Crippen molar-refractivity contribution in [3.8, 4) is 0 Å². The molecular formula is C60H69Cl3N18O15. The fraction of sp³-hybridized carbons (Fsp3) is 0.400. The molecule has 36 heteroatoms. The van der Waals surface area contributed by atoms with Crippen LogP contribution in [0.1, 0.15) is 109 Å². The van der Waals surface area contributed by atoms with E-state index in [1.807, 2.05) is 0 Å². The van der Waals surface area contributed by atoms with Crippen LogP contribution in [-0.4, -0.2) is 207 Å². The molecule has 33 nitrogen and oxygen atoms in total. The van der Waals surface area contributed by atoms with Gasteiger partial charge < -0.3 is 60.2 Å². The van der Waals surface area contributed by atoms with Gasteiger partial charge in [0.05, 0.1) is 32.8 Å². The van der Waals surface area contributed by atoms with Gasteiger partial charge in [-0.2, -0.15) is 0 Å². The van der Waals surface area contributed by atoms with Crippen molar-refractivity contribution in [1.29, 1.82) is 0 Å². The number of carbonyl (C=O) groups excluding carboxylic acids is 6. The molecule has 6 amide bonds. The third-order valence-electron chi connectivity index (χ3n) is 14.0. The number of pyridine rings is 3. The number of hydrogen-bond donors (Lipinski definition) is 6. The van der Waals surface area contributed by atoms with E-state index in [-0.39, 0.29) is 51.9 Å². The lowest BCUT2D eigenvalue weighted by Crippen LogP contribution is -2.47. The molecule has 6 N–H and O–H groups in total. The number of nitrogens with one attached hydrogen (secondary N) is 3. The van der Waals surface area contributed by atoms with Gasteiger partial charge in [-0.1, -0.05) is 76.3 Å². The number of halogens is 3. The number of ether oxygens (including phenoxy) is 3. The largest absolute Gasteiger partial charge is 0.481 e. The van der Waals surface area contributed by atoms with Gasteiger partial charge in [0.25, 0.3) is 17.7 Å². The first-order valence-corrected chi connectivity index (χ1v) is 31.0. The average molecular weight is 1390 g/mol. The molecule has 12 heterocycles. The summed E-state index contributed by atoms with van der Waals surface area (Å²) in [5.41, 5.74) is 1.29. The lowest BCUT2D eigenvalue weighted by atomic mass is 10.2. The van der Waals surface area contributed by atoms with Crippen molar-refractivity contribution in [3.05, 3.63) is 141 Å². The van der Waals surface area contributed by atoms with Gasteiger partial charge in [-0.05, 0) is 36.4 Å². The topological polar surface area (TPSA) is 414 Å². The van der Waals surface area contributed by atoms with Crippen LogP contribution >= 0.6 is 34.8 Å². The maximum Gasteiger partial charge on any atom is 0.412 e. The fourth-order valence-corrected chi connectivity index (χ4v) is 9.03. The van der Waals surface area contributed by atoms with Crippen LogP contribution < -0.4 is 30.7 Å². The maximum atomic E-state index is 12.8. The second-order valence-electron chi connectivity index (χ2n) is 21.8. The molecule has 6 aromatic heterocycles. The van der Waals surface area contributed by atoms with E-state index < -0.39 is 72.6 Å². The summed E-state index contributed by atoms with van der Waals surface area (Å²) in [5.74, 6) is -3.30. The van der Waals surface area contributed by atoms with E-state index in [4.69, 9.17) is 64.3 Å². The predicted octanol–water partition coefficient (Wildman–Crippen LogP) is 5.86. The van der Waals surface area contributed by atoms with Crippen molar-refractivity contribution in [2.24, 2.45) is 17.8 Å². The molecule has 6 aromatic rings. The number of fused-ring (bicyclic) bond motifs is 3. The third-order valence-corrected chi connectivity index (χ3v) is 14.6. The SMILES string of the molecule is CC(C)C(=O)O.CC(C)C(=O)O.CC(C)C(=O)O.O=C(OC1c2nccnc2C(=O)N1c1ccc(Cl)cn1)N1CCNCC1.O=C(O[C@H]1c2nccnc2C(=O)N1c1ccc(Cl)cn1)N1CCNCC1.O=C(O[C@H]1c2nccnc2C(=O)N1c1ccc(Cl)cn1)N1CCNCC1. The van der Waals surface area contributed by atoms with E-state index in [9.17, 15) is 43.2 Å². The van der Waals surface area contributed by atoms with E-state index in [1.165, 1.54) is 70.5 Å².